The van der Waals surface area contributed by atoms with Crippen molar-refractivity contribution >= 4 is 17.5 Å². The van der Waals surface area contributed by atoms with Crippen molar-refractivity contribution in [1.29, 1.82) is 0 Å². The molecule has 6 nitrogen and oxygen atoms in total. The number of fused-ring (bicyclic) bond motifs is 1. The normalized spacial score (nSPS) is 21.2. The summed E-state index contributed by atoms with van der Waals surface area (Å²) in [4.78, 5) is 13.1. The molecule has 0 aliphatic carbocycles. The molecule has 0 bridgehead atoms. The van der Waals surface area contributed by atoms with E-state index in [2.05, 4.69) is 20.1 Å². The Kier molecular flexibility index (Phi) is 4.20. The topological polar surface area (TPSA) is 65.2 Å². The number of aryl methyl sites for hydroxylation is 2. The fourth-order valence-electron chi connectivity index (χ4n) is 3.03. The smallest absolute Gasteiger partial charge is 0.253 e. The van der Waals surface area contributed by atoms with Crippen molar-refractivity contribution < 1.29 is 4.74 Å². The van der Waals surface area contributed by atoms with E-state index in [9.17, 15) is 0 Å². The summed E-state index contributed by atoms with van der Waals surface area (Å²) in [6.45, 7) is 4.76. The SMILES string of the molecule is Cc1cc(C)n2nc(S[C@H]3CCO[C@H](c4ccncc4)C3)nc2n1. The van der Waals surface area contributed by atoms with Gasteiger partial charge in [-0.15, -0.1) is 5.10 Å². The van der Waals surface area contributed by atoms with Crippen LogP contribution in [0, 0.1) is 13.8 Å². The van der Waals surface area contributed by atoms with Gasteiger partial charge in [0, 0.05) is 35.6 Å². The molecule has 2 atom stereocenters. The molecule has 0 spiro atoms. The maximum Gasteiger partial charge on any atom is 0.253 e. The number of rotatable bonds is 3. The monoisotopic (exact) mass is 341 g/mol. The average molecular weight is 341 g/mol. The van der Waals surface area contributed by atoms with E-state index in [1.807, 2.05) is 49.0 Å². The summed E-state index contributed by atoms with van der Waals surface area (Å²) in [5, 5.41) is 5.83. The zero-order valence-corrected chi connectivity index (χ0v) is 14.5. The number of pyridine rings is 1. The largest absolute Gasteiger partial charge is 0.373 e. The Hall–Kier alpha value is -1.99. The fraction of sp³-hybridized carbons (Fsp3) is 0.412. The lowest BCUT2D eigenvalue weighted by atomic mass is 10.0. The molecule has 24 heavy (non-hydrogen) atoms. The van der Waals surface area contributed by atoms with Crippen LogP contribution in [-0.4, -0.2) is 36.4 Å². The van der Waals surface area contributed by atoms with E-state index < -0.39 is 0 Å². The van der Waals surface area contributed by atoms with Gasteiger partial charge in [-0.1, -0.05) is 11.8 Å². The van der Waals surface area contributed by atoms with Crippen molar-refractivity contribution in [1.82, 2.24) is 24.6 Å². The Morgan fingerprint density at radius 2 is 2.04 bits per heavy atom. The molecule has 4 heterocycles. The Balaban J connectivity index is 1.52. The minimum atomic E-state index is 0.124. The molecule has 3 aromatic heterocycles. The van der Waals surface area contributed by atoms with E-state index >= 15 is 0 Å². The molecule has 1 aliphatic rings. The van der Waals surface area contributed by atoms with Gasteiger partial charge in [-0.2, -0.15) is 4.98 Å². The third-order valence-corrected chi connectivity index (χ3v) is 5.33. The van der Waals surface area contributed by atoms with Gasteiger partial charge in [0.15, 0.2) is 0 Å². The zero-order valence-electron chi connectivity index (χ0n) is 13.7. The van der Waals surface area contributed by atoms with E-state index in [0.29, 0.717) is 11.0 Å². The minimum Gasteiger partial charge on any atom is -0.373 e. The lowest BCUT2D eigenvalue weighted by molar-refractivity contribution is 0.0178. The summed E-state index contributed by atoms with van der Waals surface area (Å²) >= 11 is 1.72. The number of thioether (sulfide) groups is 1. The standard InChI is InChI=1S/C17H19N5OS/c1-11-9-12(2)22-16(19-11)20-17(21-22)24-14-5-8-23-15(10-14)13-3-6-18-7-4-13/h3-4,6-7,9,14-15H,5,8,10H2,1-2H3/t14-,15-/m0/s1. The number of hydrogen-bond donors (Lipinski definition) is 0. The van der Waals surface area contributed by atoms with Gasteiger partial charge in [0.25, 0.3) is 5.78 Å². The summed E-state index contributed by atoms with van der Waals surface area (Å²) in [7, 11) is 0. The van der Waals surface area contributed by atoms with Crippen LogP contribution < -0.4 is 0 Å². The van der Waals surface area contributed by atoms with Gasteiger partial charge in [0.1, 0.15) is 0 Å². The van der Waals surface area contributed by atoms with E-state index in [4.69, 9.17) is 4.74 Å². The van der Waals surface area contributed by atoms with Crippen LogP contribution in [0.3, 0.4) is 0 Å². The minimum absolute atomic E-state index is 0.124. The highest BCUT2D eigenvalue weighted by Gasteiger charge is 2.26. The van der Waals surface area contributed by atoms with Gasteiger partial charge in [0.2, 0.25) is 5.16 Å². The summed E-state index contributed by atoms with van der Waals surface area (Å²) in [5.74, 6) is 0.674. The quantitative estimate of drug-likeness (QED) is 0.729. The van der Waals surface area contributed by atoms with Crippen molar-refractivity contribution in [3.63, 3.8) is 0 Å². The van der Waals surface area contributed by atoms with Gasteiger partial charge < -0.3 is 4.74 Å². The molecule has 1 saturated heterocycles. The third-order valence-electron chi connectivity index (χ3n) is 4.18. The Morgan fingerprint density at radius 1 is 1.21 bits per heavy atom. The van der Waals surface area contributed by atoms with Crippen molar-refractivity contribution in [2.45, 2.75) is 43.2 Å². The first-order valence-corrected chi connectivity index (χ1v) is 8.96. The third kappa shape index (κ3) is 3.14. The maximum absolute atomic E-state index is 5.93. The zero-order chi connectivity index (χ0) is 16.5. The van der Waals surface area contributed by atoms with Gasteiger partial charge in [-0.3, -0.25) is 4.98 Å². The van der Waals surface area contributed by atoms with Crippen molar-refractivity contribution in [2.75, 3.05) is 6.61 Å². The predicted molar refractivity (Wildman–Crippen MR) is 92.1 cm³/mol. The highest BCUT2D eigenvalue weighted by Crippen LogP contribution is 2.36. The summed E-state index contributed by atoms with van der Waals surface area (Å²) in [5.41, 5.74) is 3.21. The van der Waals surface area contributed by atoms with Gasteiger partial charge in [0.05, 0.1) is 6.10 Å². The number of nitrogens with zero attached hydrogens (tertiary/aromatic N) is 5. The summed E-state index contributed by atoms with van der Waals surface area (Å²) < 4.78 is 7.74. The lowest BCUT2D eigenvalue weighted by Gasteiger charge is -2.28. The molecule has 0 aromatic carbocycles. The average Bonchev–Trinajstić information content (AvgIpc) is 2.98. The molecule has 124 valence electrons. The molecular weight excluding hydrogens is 322 g/mol. The van der Waals surface area contributed by atoms with Gasteiger partial charge in [-0.25, -0.2) is 9.50 Å². The second-order valence-electron chi connectivity index (χ2n) is 6.05. The number of hydrogen-bond acceptors (Lipinski definition) is 6. The van der Waals surface area contributed by atoms with Crippen LogP contribution in [0.2, 0.25) is 0 Å². The Labute approximate surface area is 144 Å². The van der Waals surface area contributed by atoms with Crippen molar-refractivity contribution in [3.8, 4) is 0 Å². The molecule has 0 unspecified atom stereocenters. The Bertz CT molecular complexity index is 851. The highest BCUT2D eigenvalue weighted by atomic mass is 32.2. The van der Waals surface area contributed by atoms with Gasteiger partial charge in [-0.05, 0) is 50.5 Å². The van der Waals surface area contributed by atoms with E-state index in [0.717, 1.165) is 36.0 Å². The van der Waals surface area contributed by atoms with Crippen LogP contribution >= 0.6 is 11.8 Å². The first-order valence-electron chi connectivity index (χ1n) is 8.08. The first kappa shape index (κ1) is 15.5. The molecule has 3 aromatic rings. The van der Waals surface area contributed by atoms with E-state index in [1.165, 1.54) is 5.56 Å². The van der Waals surface area contributed by atoms with Gasteiger partial charge >= 0.3 is 0 Å². The van der Waals surface area contributed by atoms with E-state index in [-0.39, 0.29) is 6.10 Å². The van der Waals surface area contributed by atoms with Crippen LogP contribution in [0.5, 0.6) is 0 Å². The molecular formula is C17H19N5OS. The molecule has 0 amide bonds. The van der Waals surface area contributed by atoms with Crippen LogP contribution in [0.4, 0.5) is 0 Å². The van der Waals surface area contributed by atoms with Crippen LogP contribution in [0.15, 0.2) is 35.7 Å². The molecule has 4 rings (SSSR count). The number of aromatic nitrogens is 5. The molecule has 0 saturated carbocycles. The lowest BCUT2D eigenvalue weighted by Crippen LogP contribution is -2.21. The maximum atomic E-state index is 5.93. The van der Waals surface area contributed by atoms with Crippen molar-refractivity contribution in [3.05, 3.63) is 47.5 Å². The second kappa shape index (κ2) is 6.49. The molecule has 1 aliphatic heterocycles. The first-order chi connectivity index (χ1) is 11.7. The molecule has 7 heteroatoms. The number of ether oxygens (including phenoxy) is 1. The van der Waals surface area contributed by atoms with Crippen LogP contribution in [-0.2, 0) is 4.74 Å². The second-order valence-corrected chi connectivity index (χ2v) is 7.32. The predicted octanol–water partition coefficient (Wildman–Crippen LogP) is 3.15. The summed E-state index contributed by atoms with van der Waals surface area (Å²) in [6.07, 6.45) is 5.72. The summed E-state index contributed by atoms with van der Waals surface area (Å²) in [6, 6.07) is 6.07. The highest BCUT2D eigenvalue weighted by molar-refractivity contribution is 7.99. The molecule has 0 radical (unpaired) electrons. The Morgan fingerprint density at radius 3 is 2.88 bits per heavy atom. The van der Waals surface area contributed by atoms with Crippen LogP contribution in [0.1, 0.15) is 35.9 Å². The molecule has 0 N–H and O–H groups in total. The fourth-order valence-corrected chi connectivity index (χ4v) is 4.08. The molecule has 1 fully saturated rings. The van der Waals surface area contributed by atoms with Crippen molar-refractivity contribution in [2.24, 2.45) is 0 Å². The van der Waals surface area contributed by atoms with Crippen LogP contribution in [0.25, 0.3) is 5.78 Å². The van der Waals surface area contributed by atoms with E-state index in [1.54, 1.807) is 11.8 Å².